The van der Waals surface area contributed by atoms with Gasteiger partial charge in [0.1, 0.15) is 11.6 Å². The van der Waals surface area contributed by atoms with Crippen LogP contribution in [0.2, 0.25) is 0 Å². The van der Waals surface area contributed by atoms with Gasteiger partial charge in [-0.2, -0.15) is 0 Å². The predicted molar refractivity (Wildman–Crippen MR) is 63.5 cm³/mol. The van der Waals surface area contributed by atoms with Crippen molar-refractivity contribution in [2.45, 2.75) is 30.6 Å². The first-order valence-electron chi connectivity index (χ1n) is 5.54. The number of nitrogens with two attached hydrogens (primary N) is 1. The first-order chi connectivity index (χ1) is 7.66. The summed E-state index contributed by atoms with van der Waals surface area (Å²) in [5, 5.41) is 0. The number of nitrogen functional groups attached to an aromatic ring is 1. The van der Waals surface area contributed by atoms with Crippen LogP contribution in [0, 0.1) is 17.6 Å². The lowest BCUT2D eigenvalue weighted by molar-refractivity contribution is 0.580. The number of hydrogen-bond donors (Lipinski definition) is 1. The molecule has 1 saturated carbocycles. The minimum absolute atomic E-state index is 0.0735. The number of halogens is 2. The molecule has 2 rings (SSSR count). The van der Waals surface area contributed by atoms with Crippen LogP contribution in [0.15, 0.2) is 17.0 Å². The second kappa shape index (κ2) is 5.04. The van der Waals surface area contributed by atoms with E-state index in [1.807, 2.05) is 0 Å². The number of benzene rings is 1. The number of anilines is 1. The van der Waals surface area contributed by atoms with E-state index in [0.717, 1.165) is 11.8 Å². The Kier molecular flexibility index (Phi) is 3.69. The van der Waals surface area contributed by atoms with Gasteiger partial charge in [-0.1, -0.05) is 12.8 Å². The van der Waals surface area contributed by atoms with Crippen LogP contribution in [0.3, 0.4) is 0 Å². The fraction of sp³-hybridized carbons (Fsp3) is 0.500. The maximum atomic E-state index is 13.2. The third kappa shape index (κ3) is 2.67. The summed E-state index contributed by atoms with van der Waals surface area (Å²) in [7, 11) is 0. The Morgan fingerprint density at radius 2 is 1.94 bits per heavy atom. The second-order valence-electron chi connectivity index (χ2n) is 4.26. The van der Waals surface area contributed by atoms with Gasteiger partial charge in [0.25, 0.3) is 0 Å². The van der Waals surface area contributed by atoms with Crippen molar-refractivity contribution >= 4 is 17.4 Å². The van der Waals surface area contributed by atoms with Gasteiger partial charge in [-0.05, 0) is 24.8 Å². The first kappa shape index (κ1) is 11.7. The van der Waals surface area contributed by atoms with Crippen molar-refractivity contribution in [1.82, 2.24) is 0 Å². The minimum Gasteiger partial charge on any atom is -0.395 e. The van der Waals surface area contributed by atoms with E-state index in [1.165, 1.54) is 43.5 Å². The molecule has 0 saturated heterocycles. The van der Waals surface area contributed by atoms with Crippen molar-refractivity contribution in [2.24, 2.45) is 5.92 Å². The van der Waals surface area contributed by atoms with Crippen LogP contribution in [0.1, 0.15) is 25.7 Å². The largest absolute Gasteiger partial charge is 0.395 e. The molecule has 1 aromatic rings. The minimum atomic E-state index is -0.658. The standard InChI is InChI=1S/C12H15F2NS/c13-9-5-10(14)12(15)11(6-9)16-7-8-3-1-2-4-8/h5-6,8H,1-4,7,15H2. The molecule has 0 bridgehead atoms. The molecule has 1 aliphatic carbocycles. The zero-order valence-corrected chi connectivity index (χ0v) is 9.83. The average Bonchev–Trinajstić information content (AvgIpc) is 2.74. The molecule has 1 aromatic carbocycles. The highest BCUT2D eigenvalue weighted by Gasteiger charge is 2.16. The molecule has 1 fully saturated rings. The van der Waals surface area contributed by atoms with Crippen LogP contribution in [-0.2, 0) is 0 Å². The molecule has 0 unspecified atom stereocenters. The van der Waals surface area contributed by atoms with E-state index in [-0.39, 0.29) is 5.69 Å². The van der Waals surface area contributed by atoms with E-state index in [4.69, 9.17) is 5.73 Å². The van der Waals surface area contributed by atoms with Gasteiger partial charge < -0.3 is 5.73 Å². The van der Waals surface area contributed by atoms with Gasteiger partial charge in [-0.15, -0.1) is 11.8 Å². The SMILES string of the molecule is Nc1c(F)cc(F)cc1SCC1CCCC1. The summed E-state index contributed by atoms with van der Waals surface area (Å²) in [6, 6.07) is 2.15. The Hall–Kier alpha value is -0.770. The van der Waals surface area contributed by atoms with E-state index < -0.39 is 11.6 Å². The maximum Gasteiger partial charge on any atom is 0.150 e. The van der Waals surface area contributed by atoms with E-state index in [0.29, 0.717) is 10.8 Å². The Morgan fingerprint density at radius 1 is 1.25 bits per heavy atom. The van der Waals surface area contributed by atoms with Gasteiger partial charge in [0.05, 0.1) is 5.69 Å². The van der Waals surface area contributed by atoms with Crippen LogP contribution in [0.25, 0.3) is 0 Å². The molecule has 0 amide bonds. The van der Waals surface area contributed by atoms with Gasteiger partial charge in [0, 0.05) is 16.7 Å². The highest BCUT2D eigenvalue weighted by atomic mass is 32.2. The fourth-order valence-corrected chi connectivity index (χ4v) is 3.26. The fourth-order valence-electron chi connectivity index (χ4n) is 2.07. The molecule has 0 atom stereocenters. The van der Waals surface area contributed by atoms with Crippen molar-refractivity contribution in [1.29, 1.82) is 0 Å². The maximum absolute atomic E-state index is 13.2. The molecule has 0 heterocycles. The number of rotatable bonds is 3. The Labute approximate surface area is 98.4 Å². The van der Waals surface area contributed by atoms with Crippen LogP contribution in [0.4, 0.5) is 14.5 Å². The molecule has 4 heteroatoms. The monoisotopic (exact) mass is 243 g/mol. The Balaban J connectivity index is 2.02. The highest BCUT2D eigenvalue weighted by Crippen LogP contribution is 2.34. The van der Waals surface area contributed by atoms with Gasteiger partial charge in [-0.3, -0.25) is 0 Å². The topological polar surface area (TPSA) is 26.0 Å². The lowest BCUT2D eigenvalue weighted by Gasteiger charge is -2.10. The molecule has 1 nitrogen and oxygen atoms in total. The van der Waals surface area contributed by atoms with Crippen LogP contribution < -0.4 is 5.73 Å². The summed E-state index contributed by atoms with van der Waals surface area (Å²) in [5.74, 6) is 0.373. The average molecular weight is 243 g/mol. The van der Waals surface area contributed by atoms with Crippen LogP contribution in [0.5, 0.6) is 0 Å². The predicted octanol–water partition coefficient (Wildman–Crippen LogP) is 3.83. The van der Waals surface area contributed by atoms with Gasteiger partial charge in [-0.25, -0.2) is 8.78 Å². The quantitative estimate of drug-likeness (QED) is 0.645. The lowest BCUT2D eigenvalue weighted by atomic mass is 10.1. The lowest BCUT2D eigenvalue weighted by Crippen LogP contribution is -1.99. The summed E-state index contributed by atoms with van der Waals surface area (Å²) < 4.78 is 26.2. The van der Waals surface area contributed by atoms with E-state index >= 15 is 0 Å². The van der Waals surface area contributed by atoms with Crippen molar-refractivity contribution in [3.8, 4) is 0 Å². The zero-order valence-electron chi connectivity index (χ0n) is 9.01. The molecular weight excluding hydrogens is 228 g/mol. The molecule has 1 aliphatic rings. The van der Waals surface area contributed by atoms with E-state index in [2.05, 4.69) is 0 Å². The van der Waals surface area contributed by atoms with Crippen LogP contribution >= 0.6 is 11.8 Å². The molecular formula is C12H15F2NS. The highest BCUT2D eigenvalue weighted by molar-refractivity contribution is 7.99. The molecule has 0 radical (unpaired) electrons. The van der Waals surface area contributed by atoms with Crippen molar-refractivity contribution < 1.29 is 8.78 Å². The molecule has 2 N–H and O–H groups in total. The first-order valence-corrected chi connectivity index (χ1v) is 6.52. The third-order valence-corrected chi connectivity index (χ3v) is 4.29. The van der Waals surface area contributed by atoms with Gasteiger partial charge in [0.2, 0.25) is 0 Å². The summed E-state index contributed by atoms with van der Waals surface area (Å²) in [4.78, 5) is 0.532. The molecule has 0 aliphatic heterocycles. The van der Waals surface area contributed by atoms with Crippen molar-refractivity contribution in [3.63, 3.8) is 0 Å². The Bertz CT molecular complexity index is 376. The third-order valence-electron chi connectivity index (χ3n) is 3.01. The Morgan fingerprint density at radius 3 is 2.62 bits per heavy atom. The van der Waals surface area contributed by atoms with Crippen LogP contribution in [-0.4, -0.2) is 5.75 Å². The number of hydrogen-bond acceptors (Lipinski definition) is 2. The molecule has 88 valence electrons. The normalized spacial score (nSPS) is 16.9. The smallest absolute Gasteiger partial charge is 0.150 e. The van der Waals surface area contributed by atoms with E-state index in [9.17, 15) is 8.78 Å². The summed E-state index contributed by atoms with van der Waals surface area (Å²) in [6.07, 6.45) is 5.01. The van der Waals surface area contributed by atoms with E-state index in [1.54, 1.807) is 0 Å². The van der Waals surface area contributed by atoms with Gasteiger partial charge in [0.15, 0.2) is 0 Å². The van der Waals surface area contributed by atoms with Crippen molar-refractivity contribution in [2.75, 3.05) is 11.5 Å². The summed E-state index contributed by atoms with van der Waals surface area (Å²) in [5.41, 5.74) is 5.65. The second-order valence-corrected chi connectivity index (χ2v) is 5.32. The zero-order chi connectivity index (χ0) is 11.5. The summed E-state index contributed by atoms with van der Waals surface area (Å²) >= 11 is 1.47. The molecule has 16 heavy (non-hydrogen) atoms. The van der Waals surface area contributed by atoms with Gasteiger partial charge >= 0.3 is 0 Å². The number of thioether (sulfide) groups is 1. The molecule has 0 spiro atoms. The summed E-state index contributed by atoms with van der Waals surface area (Å²) in [6.45, 7) is 0. The van der Waals surface area contributed by atoms with Crippen molar-refractivity contribution in [3.05, 3.63) is 23.8 Å². The molecule has 0 aromatic heterocycles.